The molecule has 0 bridgehead atoms. The first-order valence-corrected chi connectivity index (χ1v) is 9.83. The predicted octanol–water partition coefficient (Wildman–Crippen LogP) is 3.00. The molecule has 0 fully saturated rings. The summed E-state index contributed by atoms with van der Waals surface area (Å²) in [6, 6.07) is 15.4. The van der Waals surface area contributed by atoms with Gasteiger partial charge in [-0.05, 0) is 41.3 Å². The van der Waals surface area contributed by atoms with Crippen LogP contribution < -0.4 is 0 Å². The van der Waals surface area contributed by atoms with Crippen molar-refractivity contribution >= 4 is 11.8 Å². The van der Waals surface area contributed by atoms with E-state index in [-0.39, 0.29) is 17.6 Å². The van der Waals surface area contributed by atoms with E-state index in [2.05, 4.69) is 17.1 Å². The maximum atomic E-state index is 13.5. The molecule has 1 atom stereocenters. The van der Waals surface area contributed by atoms with E-state index in [0.29, 0.717) is 26.2 Å². The Morgan fingerprint density at radius 2 is 1.72 bits per heavy atom. The van der Waals surface area contributed by atoms with Crippen LogP contribution in [0.5, 0.6) is 0 Å². The zero-order valence-electron chi connectivity index (χ0n) is 16.0. The number of hydrogen-bond donors (Lipinski definition) is 0. The normalized spacial score (nSPS) is 18.1. The van der Waals surface area contributed by atoms with Crippen molar-refractivity contribution in [3.63, 3.8) is 0 Å². The molecule has 2 aliphatic rings. The fourth-order valence-electron chi connectivity index (χ4n) is 4.29. The quantitative estimate of drug-likeness (QED) is 0.678. The van der Waals surface area contributed by atoms with Gasteiger partial charge in [0.2, 0.25) is 5.91 Å². The molecule has 1 unspecified atom stereocenters. The minimum Gasteiger partial charge on any atom is -0.459 e. The number of carbonyl (C=O) groups excluding carboxylic acids is 2. The highest BCUT2D eigenvalue weighted by atomic mass is 16.3. The van der Waals surface area contributed by atoms with E-state index < -0.39 is 5.92 Å². The van der Waals surface area contributed by atoms with Crippen molar-refractivity contribution in [3.05, 3.63) is 89.1 Å². The number of hydrogen-bond acceptors (Lipinski definition) is 4. The van der Waals surface area contributed by atoms with Crippen LogP contribution in [0.15, 0.2) is 65.4 Å². The maximum Gasteiger partial charge on any atom is 0.289 e. The van der Waals surface area contributed by atoms with Crippen LogP contribution in [0.3, 0.4) is 0 Å². The topological polar surface area (TPSA) is 66.7 Å². The Balaban J connectivity index is 1.43. The molecule has 2 aliphatic heterocycles. The average molecular weight is 387 g/mol. The third-order valence-electron chi connectivity index (χ3n) is 5.78. The number of fused-ring (bicyclic) bond motifs is 2. The van der Waals surface area contributed by atoms with E-state index in [4.69, 9.17) is 4.42 Å². The van der Waals surface area contributed by atoms with Gasteiger partial charge in [-0.2, -0.15) is 0 Å². The lowest BCUT2D eigenvalue weighted by Crippen LogP contribution is -2.46. The first-order chi connectivity index (χ1) is 14.2. The lowest BCUT2D eigenvalue weighted by molar-refractivity contribution is -0.134. The molecule has 0 aliphatic carbocycles. The molecule has 0 saturated carbocycles. The third-order valence-corrected chi connectivity index (χ3v) is 5.78. The van der Waals surface area contributed by atoms with Crippen molar-refractivity contribution in [2.24, 2.45) is 0 Å². The predicted molar refractivity (Wildman–Crippen MR) is 106 cm³/mol. The summed E-state index contributed by atoms with van der Waals surface area (Å²) in [5.41, 5.74) is 4.18. The highest BCUT2D eigenvalue weighted by molar-refractivity contribution is 5.93. The largest absolute Gasteiger partial charge is 0.459 e. The average Bonchev–Trinajstić information content (AvgIpc) is 3.32. The zero-order chi connectivity index (χ0) is 19.8. The summed E-state index contributed by atoms with van der Waals surface area (Å²) in [5.74, 6) is -0.359. The van der Waals surface area contributed by atoms with E-state index in [1.807, 2.05) is 29.2 Å². The van der Waals surface area contributed by atoms with E-state index >= 15 is 0 Å². The van der Waals surface area contributed by atoms with Gasteiger partial charge in [-0.15, -0.1) is 0 Å². The van der Waals surface area contributed by atoms with Gasteiger partial charge in [-0.1, -0.05) is 30.3 Å². The van der Waals surface area contributed by atoms with Crippen LogP contribution in [0.25, 0.3) is 0 Å². The molecule has 1 aromatic carbocycles. The number of nitrogens with zero attached hydrogens (tertiary/aromatic N) is 3. The second-order valence-electron chi connectivity index (χ2n) is 7.54. The Hall–Kier alpha value is -3.41. The summed E-state index contributed by atoms with van der Waals surface area (Å²) >= 11 is 0. The van der Waals surface area contributed by atoms with Gasteiger partial charge in [0.15, 0.2) is 5.76 Å². The molecular formula is C23H21N3O3. The van der Waals surface area contributed by atoms with Gasteiger partial charge in [-0.3, -0.25) is 14.6 Å². The summed E-state index contributed by atoms with van der Waals surface area (Å²) in [6.45, 7) is 2.01. The van der Waals surface area contributed by atoms with Gasteiger partial charge < -0.3 is 14.2 Å². The fourth-order valence-corrected chi connectivity index (χ4v) is 4.29. The van der Waals surface area contributed by atoms with Gasteiger partial charge in [0.25, 0.3) is 5.91 Å². The SMILES string of the molecule is O=C(c1ccco1)N1Cc2cccnc2C(C(=O)N2CCc3ccccc3C2)C1. The molecule has 6 nitrogen and oxygen atoms in total. The Bertz CT molecular complexity index is 1060. The Morgan fingerprint density at radius 3 is 2.55 bits per heavy atom. The molecule has 2 aromatic heterocycles. The first kappa shape index (κ1) is 17.7. The number of furan rings is 1. The summed E-state index contributed by atoms with van der Waals surface area (Å²) in [7, 11) is 0. The van der Waals surface area contributed by atoms with Crippen LogP contribution in [0.2, 0.25) is 0 Å². The number of amides is 2. The number of pyridine rings is 1. The Kier molecular flexibility index (Phi) is 4.39. The first-order valence-electron chi connectivity index (χ1n) is 9.83. The third kappa shape index (κ3) is 3.20. The van der Waals surface area contributed by atoms with E-state index in [0.717, 1.165) is 17.7 Å². The maximum absolute atomic E-state index is 13.5. The molecule has 2 amide bonds. The second kappa shape index (κ2) is 7.20. The summed E-state index contributed by atoms with van der Waals surface area (Å²) in [4.78, 5) is 34.5. The molecule has 3 aromatic rings. The molecule has 0 saturated heterocycles. The molecule has 0 N–H and O–H groups in total. The van der Waals surface area contributed by atoms with Crippen LogP contribution in [-0.4, -0.2) is 39.7 Å². The number of carbonyl (C=O) groups is 2. The molecule has 146 valence electrons. The molecule has 29 heavy (non-hydrogen) atoms. The van der Waals surface area contributed by atoms with Crippen LogP contribution in [-0.2, 0) is 24.3 Å². The van der Waals surface area contributed by atoms with Crippen LogP contribution in [0, 0.1) is 0 Å². The van der Waals surface area contributed by atoms with E-state index in [1.54, 1.807) is 23.2 Å². The minimum atomic E-state index is -0.468. The van der Waals surface area contributed by atoms with E-state index in [9.17, 15) is 9.59 Å². The number of benzene rings is 1. The van der Waals surface area contributed by atoms with Gasteiger partial charge >= 0.3 is 0 Å². The van der Waals surface area contributed by atoms with Crippen LogP contribution in [0.4, 0.5) is 0 Å². The van der Waals surface area contributed by atoms with Gasteiger partial charge in [0, 0.05) is 32.4 Å². The van der Waals surface area contributed by atoms with E-state index in [1.165, 1.54) is 17.4 Å². The van der Waals surface area contributed by atoms with Gasteiger partial charge in [-0.25, -0.2) is 0 Å². The van der Waals surface area contributed by atoms with Gasteiger partial charge in [0.1, 0.15) is 0 Å². The molecule has 5 rings (SSSR count). The fraction of sp³-hybridized carbons (Fsp3) is 0.261. The van der Waals surface area contributed by atoms with Crippen molar-refractivity contribution in [3.8, 4) is 0 Å². The molecule has 4 heterocycles. The lowest BCUT2D eigenvalue weighted by Gasteiger charge is -2.37. The zero-order valence-corrected chi connectivity index (χ0v) is 16.0. The van der Waals surface area contributed by atoms with Crippen molar-refractivity contribution < 1.29 is 14.0 Å². The number of aromatic nitrogens is 1. The van der Waals surface area contributed by atoms with Crippen molar-refractivity contribution in [1.82, 2.24) is 14.8 Å². The second-order valence-corrected chi connectivity index (χ2v) is 7.54. The van der Waals surface area contributed by atoms with Gasteiger partial charge in [0.05, 0.1) is 17.9 Å². The molecular weight excluding hydrogens is 366 g/mol. The summed E-state index contributed by atoms with van der Waals surface area (Å²) < 4.78 is 5.29. The monoisotopic (exact) mass is 387 g/mol. The van der Waals surface area contributed by atoms with Crippen molar-refractivity contribution in [1.29, 1.82) is 0 Å². The summed E-state index contributed by atoms with van der Waals surface area (Å²) in [5, 5.41) is 0. The minimum absolute atomic E-state index is 0.0244. The lowest BCUT2D eigenvalue weighted by atomic mass is 9.91. The highest BCUT2D eigenvalue weighted by Crippen LogP contribution is 2.31. The standard InChI is InChI=1S/C23H21N3O3/c27-22(25-11-9-16-5-1-2-6-17(16)13-25)19-15-26(23(28)20-8-4-12-29-20)14-18-7-3-10-24-21(18)19/h1-8,10,12,19H,9,11,13-15H2. The Labute approximate surface area is 168 Å². The van der Waals surface area contributed by atoms with Crippen LogP contribution >= 0.6 is 0 Å². The smallest absolute Gasteiger partial charge is 0.289 e. The van der Waals surface area contributed by atoms with Crippen molar-refractivity contribution in [2.45, 2.75) is 25.4 Å². The molecule has 0 radical (unpaired) electrons. The molecule has 6 heteroatoms. The highest BCUT2D eigenvalue weighted by Gasteiger charge is 2.37. The Morgan fingerprint density at radius 1 is 0.931 bits per heavy atom. The van der Waals surface area contributed by atoms with Crippen molar-refractivity contribution in [2.75, 3.05) is 13.1 Å². The number of rotatable bonds is 2. The van der Waals surface area contributed by atoms with Crippen LogP contribution in [0.1, 0.15) is 38.9 Å². The molecule has 0 spiro atoms. The summed E-state index contributed by atoms with van der Waals surface area (Å²) in [6.07, 6.45) is 4.05.